The number of sulfonamides is 1. The van der Waals surface area contributed by atoms with Crippen LogP contribution in [0.4, 0.5) is 5.69 Å². The zero-order chi connectivity index (χ0) is 14.9. The molecule has 0 atom stereocenters. The van der Waals surface area contributed by atoms with E-state index in [0.717, 1.165) is 4.31 Å². The summed E-state index contributed by atoms with van der Waals surface area (Å²) in [7, 11) is -2.35. The lowest BCUT2D eigenvalue weighted by atomic mass is 10.2. The average Bonchev–Trinajstić information content (AvgIpc) is 2.59. The predicted molar refractivity (Wildman–Crippen MR) is 72.4 cm³/mol. The molecule has 0 radical (unpaired) electrons. The third-order valence-electron chi connectivity index (χ3n) is 3.07. The van der Waals surface area contributed by atoms with Gasteiger partial charge in [0.25, 0.3) is 15.9 Å². The number of hydrogen-bond donors (Lipinski definition) is 2. The number of nitrogens with two attached hydrogens (primary N) is 1. The molecule has 1 aromatic carbocycles. The van der Waals surface area contributed by atoms with Crippen LogP contribution in [0.25, 0.3) is 0 Å². The monoisotopic (exact) mass is 297 g/mol. The fraction of sp³-hybridized carbons (Fsp3) is 0.333. The minimum Gasteiger partial charge on any atom is -0.399 e. The molecule has 2 rings (SSSR count). The predicted octanol–water partition coefficient (Wildman–Crippen LogP) is -0.0605. The molecule has 0 aromatic heterocycles. The maximum absolute atomic E-state index is 12.2. The van der Waals surface area contributed by atoms with Crippen LogP contribution >= 0.6 is 0 Å². The van der Waals surface area contributed by atoms with E-state index >= 15 is 0 Å². The Kier molecular flexibility index (Phi) is 3.67. The molecule has 0 unspecified atom stereocenters. The van der Waals surface area contributed by atoms with Gasteiger partial charge < -0.3 is 11.1 Å². The largest absolute Gasteiger partial charge is 0.399 e. The van der Waals surface area contributed by atoms with Gasteiger partial charge >= 0.3 is 0 Å². The standard InChI is InChI=1S/C12H15N3O4S/c1-14-11(16)3-2-6-15-12(17)9-5-4-8(13)7-10(9)20(15,18)19/h4-5,7H,2-3,6,13H2,1H3,(H,14,16). The SMILES string of the molecule is CNC(=O)CCCN1C(=O)c2ccc(N)cc2S1(=O)=O. The Bertz CT molecular complexity index is 669. The number of hydrogen-bond acceptors (Lipinski definition) is 5. The molecule has 0 saturated carbocycles. The van der Waals surface area contributed by atoms with Crippen LogP contribution in [-0.4, -0.2) is 38.1 Å². The summed E-state index contributed by atoms with van der Waals surface area (Å²) in [6.07, 6.45) is 0.433. The Morgan fingerprint density at radius 1 is 1.40 bits per heavy atom. The Balaban J connectivity index is 2.22. The van der Waals surface area contributed by atoms with Gasteiger partial charge in [0.15, 0.2) is 0 Å². The molecule has 7 nitrogen and oxygen atoms in total. The maximum Gasteiger partial charge on any atom is 0.269 e. The van der Waals surface area contributed by atoms with Crippen molar-refractivity contribution in [2.75, 3.05) is 19.3 Å². The van der Waals surface area contributed by atoms with Crippen molar-refractivity contribution in [2.24, 2.45) is 0 Å². The van der Waals surface area contributed by atoms with Gasteiger partial charge in [0.1, 0.15) is 4.90 Å². The molecule has 20 heavy (non-hydrogen) atoms. The Labute approximate surface area is 116 Å². The van der Waals surface area contributed by atoms with Crippen LogP contribution in [-0.2, 0) is 14.8 Å². The summed E-state index contributed by atoms with van der Waals surface area (Å²) >= 11 is 0. The van der Waals surface area contributed by atoms with E-state index in [2.05, 4.69) is 5.32 Å². The first-order valence-electron chi connectivity index (χ1n) is 6.05. The summed E-state index contributed by atoms with van der Waals surface area (Å²) in [4.78, 5) is 23.1. The van der Waals surface area contributed by atoms with E-state index in [0.29, 0.717) is 0 Å². The highest BCUT2D eigenvalue weighted by molar-refractivity contribution is 7.90. The van der Waals surface area contributed by atoms with Crippen molar-refractivity contribution in [3.63, 3.8) is 0 Å². The Morgan fingerprint density at radius 3 is 2.75 bits per heavy atom. The summed E-state index contributed by atoms with van der Waals surface area (Å²) in [5, 5.41) is 2.44. The number of anilines is 1. The lowest BCUT2D eigenvalue weighted by Crippen LogP contribution is -2.31. The van der Waals surface area contributed by atoms with Gasteiger partial charge in [0.05, 0.1) is 5.56 Å². The summed E-state index contributed by atoms with van der Waals surface area (Å²) in [6.45, 7) is -0.0246. The van der Waals surface area contributed by atoms with Crippen LogP contribution in [0, 0.1) is 0 Å². The summed E-state index contributed by atoms with van der Waals surface area (Å²) < 4.78 is 25.3. The normalized spacial score (nSPS) is 16.1. The molecule has 0 fully saturated rings. The van der Waals surface area contributed by atoms with Crippen molar-refractivity contribution in [1.29, 1.82) is 0 Å². The zero-order valence-corrected chi connectivity index (χ0v) is 11.7. The molecular weight excluding hydrogens is 282 g/mol. The molecule has 1 aliphatic heterocycles. The van der Waals surface area contributed by atoms with Crippen molar-refractivity contribution >= 4 is 27.5 Å². The number of fused-ring (bicyclic) bond motifs is 1. The first-order valence-corrected chi connectivity index (χ1v) is 7.49. The number of nitrogens with zero attached hydrogens (tertiary/aromatic N) is 1. The number of benzene rings is 1. The van der Waals surface area contributed by atoms with E-state index in [1.165, 1.54) is 25.2 Å². The van der Waals surface area contributed by atoms with Gasteiger partial charge in [-0.05, 0) is 24.6 Å². The minimum atomic E-state index is -3.85. The molecule has 108 valence electrons. The summed E-state index contributed by atoms with van der Waals surface area (Å²) in [6, 6.07) is 4.17. The number of amides is 2. The molecule has 1 aliphatic rings. The quantitative estimate of drug-likeness (QED) is 0.757. The van der Waals surface area contributed by atoms with Gasteiger partial charge in [-0.1, -0.05) is 0 Å². The molecule has 0 aliphatic carbocycles. The second-order valence-corrected chi connectivity index (χ2v) is 6.25. The second-order valence-electron chi connectivity index (χ2n) is 4.41. The molecule has 1 heterocycles. The molecular formula is C12H15N3O4S. The van der Waals surface area contributed by atoms with Gasteiger partial charge in [-0.15, -0.1) is 0 Å². The first kappa shape index (κ1) is 14.3. The number of nitrogens with one attached hydrogen (secondary N) is 1. The van der Waals surface area contributed by atoms with Gasteiger partial charge in [-0.25, -0.2) is 12.7 Å². The van der Waals surface area contributed by atoms with Gasteiger partial charge in [-0.2, -0.15) is 0 Å². The van der Waals surface area contributed by atoms with Crippen LogP contribution in [0.1, 0.15) is 23.2 Å². The number of carbonyl (C=O) groups is 2. The van der Waals surface area contributed by atoms with Crippen molar-refractivity contribution in [2.45, 2.75) is 17.7 Å². The Hall–Kier alpha value is -2.09. The lowest BCUT2D eigenvalue weighted by molar-refractivity contribution is -0.120. The first-order chi connectivity index (χ1) is 9.37. The van der Waals surface area contributed by atoms with E-state index in [1.807, 2.05) is 0 Å². The molecule has 3 N–H and O–H groups in total. The van der Waals surface area contributed by atoms with Gasteiger partial charge in [0, 0.05) is 25.7 Å². The van der Waals surface area contributed by atoms with E-state index in [1.54, 1.807) is 0 Å². The van der Waals surface area contributed by atoms with Crippen LogP contribution in [0.3, 0.4) is 0 Å². The third kappa shape index (κ3) is 2.34. The smallest absolute Gasteiger partial charge is 0.269 e. The van der Waals surface area contributed by atoms with E-state index in [4.69, 9.17) is 5.73 Å². The topological polar surface area (TPSA) is 110 Å². The molecule has 0 saturated heterocycles. The number of rotatable bonds is 4. The van der Waals surface area contributed by atoms with E-state index in [9.17, 15) is 18.0 Å². The third-order valence-corrected chi connectivity index (χ3v) is 4.90. The van der Waals surface area contributed by atoms with Crippen LogP contribution in [0.5, 0.6) is 0 Å². The summed E-state index contributed by atoms with van der Waals surface area (Å²) in [5.74, 6) is -0.771. The van der Waals surface area contributed by atoms with Crippen molar-refractivity contribution in [1.82, 2.24) is 9.62 Å². The van der Waals surface area contributed by atoms with Gasteiger partial charge in [-0.3, -0.25) is 9.59 Å². The number of carbonyl (C=O) groups excluding carboxylic acids is 2. The molecule has 0 spiro atoms. The molecule has 8 heteroatoms. The number of nitrogen functional groups attached to an aromatic ring is 1. The molecule has 0 bridgehead atoms. The van der Waals surface area contributed by atoms with Crippen molar-refractivity contribution in [3.8, 4) is 0 Å². The van der Waals surface area contributed by atoms with Crippen molar-refractivity contribution in [3.05, 3.63) is 23.8 Å². The lowest BCUT2D eigenvalue weighted by Gasteiger charge is -2.14. The van der Waals surface area contributed by atoms with Crippen LogP contribution in [0.15, 0.2) is 23.1 Å². The highest BCUT2D eigenvalue weighted by atomic mass is 32.2. The second kappa shape index (κ2) is 5.12. The highest BCUT2D eigenvalue weighted by Crippen LogP contribution is 2.31. The average molecular weight is 297 g/mol. The zero-order valence-electron chi connectivity index (χ0n) is 10.9. The fourth-order valence-electron chi connectivity index (χ4n) is 2.02. The fourth-order valence-corrected chi connectivity index (χ4v) is 3.66. The van der Waals surface area contributed by atoms with E-state index < -0.39 is 15.9 Å². The molecule has 1 aromatic rings. The van der Waals surface area contributed by atoms with E-state index in [-0.39, 0.29) is 41.4 Å². The van der Waals surface area contributed by atoms with Crippen LogP contribution in [0.2, 0.25) is 0 Å². The van der Waals surface area contributed by atoms with Crippen molar-refractivity contribution < 1.29 is 18.0 Å². The van der Waals surface area contributed by atoms with Crippen LogP contribution < -0.4 is 11.1 Å². The Morgan fingerprint density at radius 2 is 2.10 bits per heavy atom. The van der Waals surface area contributed by atoms with Gasteiger partial charge in [0.2, 0.25) is 5.91 Å². The minimum absolute atomic E-state index is 0.0246. The maximum atomic E-state index is 12.2. The highest BCUT2D eigenvalue weighted by Gasteiger charge is 2.40. The molecule has 2 amide bonds. The summed E-state index contributed by atoms with van der Waals surface area (Å²) in [5.41, 5.74) is 5.96.